The van der Waals surface area contributed by atoms with E-state index in [4.69, 9.17) is 5.11 Å². The molecule has 2 N–H and O–H groups in total. The highest BCUT2D eigenvalue weighted by Gasteiger charge is 2.34. The highest BCUT2D eigenvalue weighted by molar-refractivity contribution is 7.99. The molecule has 1 rings (SSSR count). The van der Waals surface area contributed by atoms with Crippen molar-refractivity contribution in [3.8, 4) is 0 Å². The molecule has 1 atom stereocenters. The number of nitrogens with zero attached hydrogens (tertiary/aromatic N) is 1. The van der Waals surface area contributed by atoms with Gasteiger partial charge in [0.05, 0.1) is 6.04 Å². The maximum atomic E-state index is 12.1. The quantitative estimate of drug-likeness (QED) is 0.752. The third-order valence-electron chi connectivity index (χ3n) is 2.38. The molecule has 1 saturated heterocycles. The van der Waals surface area contributed by atoms with E-state index in [1.807, 2.05) is 20.8 Å². The van der Waals surface area contributed by atoms with Gasteiger partial charge in [0.1, 0.15) is 6.54 Å². The largest absolute Gasteiger partial charge is 0.480 e. The van der Waals surface area contributed by atoms with Crippen molar-refractivity contribution in [2.24, 2.45) is 0 Å². The number of thioether (sulfide) groups is 1. The normalized spacial score (nSPS) is 20.8. The van der Waals surface area contributed by atoms with Gasteiger partial charge < -0.3 is 10.0 Å². The molecule has 16 heavy (non-hydrogen) atoms. The van der Waals surface area contributed by atoms with Gasteiger partial charge in [-0.3, -0.25) is 14.9 Å². The summed E-state index contributed by atoms with van der Waals surface area (Å²) in [6.07, 6.45) is 0. The van der Waals surface area contributed by atoms with Gasteiger partial charge in [0, 0.05) is 17.2 Å². The van der Waals surface area contributed by atoms with Crippen molar-refractivity contribution in [1.82, 2.24) is 10.2 Å². The Bertz CT molecular complexity index is 282. The van der Waals surface area contributed by atoms with E-state index < -0.39 is 11.5 Å². The van der Waals surface area contributed by atoms with E-state index in [1.54, 1.807) is 11.8 Å². The standard InChI is InChI=1S/C10H18N2O3S/c1-10(2,3)12(4-8(13)14)9(15)7-5-16-6-11-7/h7,11H,4-6H2,1-3H3,(H,13,14). The molecule has 0 radical (unpaired) electrons. The first-order valence-corrected chi connectivity index (χ1v) is 6.32. The Kier molecular flexibility index (Phi) is 4.21. The highest BCUT2D eigenvalue weighted by Crippen LogP contribution is 2.18. The zero-order chi connectivity index (χ0) is 12.3. The number of carbonyl (C=O) groups is 2. The first-order valence-electron chi connectivity index (χ1n) is 5.17. The van der Waals surface area contributed by atoms with Crippen LogP contribution >= 0.6 is 11.8 Å². The molecular formula is C10H18N2O3S. The molecule has 5 nitrogen and oxygen atoms in total. The Balaban J connectivity index is 2.75. The number of hydrogen-bond acceptors (Lipinski definition) is 4. The molecule has 1 amide bonds. The fourth-order valence-electron chi connectivity index (χ4n) is 1.52. The van der Waals surface area contributed by atoms with Gasteiger partial charge in [-0.25, -0.2) is 0 Å². The van der Waals surface area contributed by atoms with Gasteiger partial charge in [0.2, 0.25) is 5.91 Å². The lowest BCUT2D eigenvalue weighted by Crippen LogP contribution is -2.54. The molecule has 1 aliphatic rings. The zero-order valence-corrected chi connectivity index (χ0v) is 10.6. The van der Waals surface area contributed by atoms with Crippen LogP contribution in [0.2, 0.25) is 0 Å². The second-order valence-corrected chi connectivity index (χ2v) is 5.79. The molecular weight excluding hydrogens is 228 g/mol. The molecule has 0 aromatic heterocycles. The second kappa shape index (κ2) is 5.05. The maximum absolute atomic E-state index is 12.1. The summed E-state index contributed by atoms with van der Waals surface area (Å²) in [6, 6.07) is -0.247. The number of rotatable bonds is 3. The highest BCUT2D eigenvalue weighted by atomic mass is 32.2. The summed E-state index contributed by atoms with van der Waals surface area (Å²) in [5, 5.41) is 11.9. The summed E-state index contributed by atoms with van der Waals surface area (Å²) in [6.45, 7) is 5.28. The summed E-state index contributed by atoms with van der Waals surface area (Å²) < 4.78 is 0. The smallest absolute Gasteiger partial charge is 0.323 e. The lowest BCUT2D eigenvalue weighted by atomic mass is 10.0. The predicted molar refractivity (Wildman–Crippen MR) is 63.4 cm³/mol. The van der Waals surface area contributed by atoms with Crippen molar-refractivity contribution in [3.63, 3.8) is 0 Å². The molecule has 0 saturated carbocycles. The number of carbonyl (C=O) groups excluding carboxylic acids is 1. The van der Waals surface area contributed by atoms with Crippen LogP contribution in [0.25, 0.3) is 0 Å². The Morgan fingerprint density at radius 3 is 2.50 bits per heavy atom. The van der Waals surface area contributed by atoms with Crippen LogP contribution in [-0.4, -0.2) is 51.6 Å². The van der Waals surface area contributed by atoms with Gasteiger partial charge >= 0.3 is 5.97 Å². The maximum Gasteiger partial charge on any atom is 0.323 e. The third kappa shape index (κ3) is 3.38. The fourth-order valence-corrected chi connectivity index (χ4v) is 2.46. The molecule has 1 aliphatic heterocycles. The van der Waals surface area contributed by atoms with E-state index in [0.717, 1.165) is 5.88 Å². The Morgan fingerprint density at radius 1 is 1.50 bits per heavy atom. The van der Waals surface area contributed by atoms with Crippen molar-refractivity contribution in [2.45, 2.75) is 32.4 Å². The van der Waals surface area contributed by atoms with Crippen LogP contribution in [0.1, 0.15) is 20.8 Å². The van der Waals surface area contributed by atoms with Crippen molar-refractivity contribution >= 4 is 23.6 Å². The lowest BCUT2D eigenvalue weighted by molar-refractivity contribution is -0.149. The topological polar surface area (TPSA) is 69.6 Å². The molecule has 6 heteroatoms. The minimum Gasteiger partial charge on any atom is -0.480 e. The molecule has 1 fully saturated rings. The van der Waals surface area contributed by atoms with Gasteiger partial charge in [-0.2, -0.15) is 0 Å². The number of aliphatic carboxylic acids is 1. The Labute approximate surface area is 99.6 Å². The second-order valence-electron chi connectivity index (χ2n) is 4.76. The average molecular weight is 246 g/mol. The van der Waals surface area contributed by atoms with Crippen molar-refractivity contribution in [2.75, 3.05) is 18.2 Å². The van der Waals surface area contributed by atoms with E-state index in [2.05, 4.69) is 5.32 Å². The van der Waals surface area contributed by atoms with Gasteiger partial charge in [0.15, 0.2) is 0 Å². The summed E-state index contributed by atoms with van der Waals surface area (Å²) in [7, 11) is 0. The first kappa shape index (κ1) is 13.3. The molecule has 0 aromatic rings. The Hall–Kier alpha value is -0.750. The van der Waals surface area contributed by atoms with Crippen LogP contribution in [-0.2, 0) is 9.59 Å². The molecule has 0 aliphatic carbocycles. The van der Waals surface area contributed by atoms with Gasteiger partial charge in [-0.15, -0.1) is 11.8 Å². The lowest BCUT2D eigenvalue weighted by Gasteiger charge is -2.36. The first-order chi connectivity index (χ1) is 7.32. The molecule has 1 unspecified atom stereocenters. The summed E-state index contributed by atoms with van der Waals surface area (Å²) in [5.74, 6) is 0.362. The molecule has 0 spiro atoms. The number of carboxylic acids is 1. The number of amides is 1. The van der Waals surface area contributed by atoms with E-state index >= 15 is 0 Å². The number of nitrogens with one attached hydrogen (secondary N) is 1. The SMILES string of the molecule is CC(C)(C)N(CC(=O)O)C(=O)C1CSCN1. The van der Waals surface area contributed by atoms with Crippen molar-refractivity contribution < 1.29 is 14.7 Å². The summed E-state index contributed by atoms with van der Waals surface area (Å²) in [5.41, 5.74) is -0.468. The fraction of sp³-hybridized carbons (Fsp3) is 0.800. The van der Waals surface area contributed by atoms with Crippen LogP contribution in [0, 0.1) is 0 Å². The Morgan fingerprint density at radius 2 is 2.12 bits per heavy atom. The molecule has 0 aromatic carbocycles. The van der Waals surface area contributed by atoms with E-state index in [1.165, 1.54) is 4.90 Å². The molecule has 1 heterocycles. The van der Waals surface area contributed by atoms with Gasteiger partial charge in [-0.05, 0) is 20.8 Å². The monoisotopic (exact) mass is 246 g/mol. The minimum atomic E-state index is -0.978. The zero-order valence-electron chi connectivity index (χ0n) is 9.82. The van der Waals surface area contributed by atoms with E-state index in [-0.39, 0.29) is 18.5 Å². The van der Waals surface area contributed by atoms with E-state index in [0.29, 0.717) is 5.75 Å². The average Bonchev–Trinajstić information content (AvgIpc) is 2.63. The van der Waals surface area contributed by atoms with Crippen molar-refractivity contribution in [3.05, 3.63) is 0 Å². The van der Waals surface area contributed by atoms with Crippen LogP contribution < -0.4 is 5.32 Å². The van der Waals surface area contributed by atoms with Crippen LogP contribution in [0.3, 0.4) is 0 Å². The van der Waals surface area contributed by atoms with Crippen LogP contribution in [0.15, 0.2) is 0 Å². The minimum absolute atomic E-state index is 0.125. The van der Waals surface area contributed by atoms with Gasteiger partial charge in [-0.1, -0.05) is 0 Å². The van der Waals surface area contributed by atoms with Gasteiger partial charge in [0.25, 0.3) is 0 Å². The van der Waals surface area contributed by atoms with Crippen LogP contribution in [0.4, 0.5) is 0 Å². The van der Waals surface area contributed by atoms with E-state index in [9.17, 15) is 9.59 Å². The molecule has 92 valence electrons. The number of hydrogen-bond donors (Lipinski definition) is 2. The summed E-state index contributed by atoms with van der Waals surface area (Å²) in [4.78, 5) is 24.3. The molecule has 0 bridgehead atoms. The third-order valence-corrected chi connectivity index (χ3v) is 3.32. The van der Waals surface area contributed by atoms with Crippen molar-refractivity contribution in [1.29, 1.82) is 0 Å². The predicted octanol–water partition coefficient (Wildman–Crippen LogP) is 0.361. The summed E-state index contributed by atoms with van der Waals surface area (Å²) >= 11 is 1.65. The number of carboxylic acid groups (broad SMARTS) is 1. The van der Waals surface area contributed by atoms with Crippen LogP contribution in [0.5, 0.6) is 0 Å².